The molecule has 0 aliphatic carbocycles. The Bertz CT molecular complexity index is 2360. The van der Waals surface area contributed by atoms with Crippen LogP contribution in [0.1, 0.15) is 43.2 Å². The van der Waals surface area contributed by atoms with Gasteiger partial charge < -0.3 is 14.4 Å². The zero-order valence-electron chi connectivity index (χ0n) is 29.3. The molecule has 4 heterocycles. The molecule has 255 valence electrons. The van der Waals surface area contributed by atoms with E-state index in [1.54, 1.807) is 0 Å². The maximum atomic E-state index is 6.14. The second kappa shape index (κ2) is 15.8. The van der Waals surface area contributed by atoms with E-state index in [4.69, 9.17) is 4.42 Å². The summed E-state index contributed by atoms with van der Waals surface area (Å²) in [6.45, 7) is 8.74. The van der Waals surface area contributed by atoms with Crippen LogP contribution in [0.15, 0.2) is 144 Å². The second-order valence-corrected chi connectivity index (χ2v) is 13.8. The molecule has 0 N–H and O–H groups in total. The Morgan fingerprint density at radius 2 is 1.47 bits per heavy atom. The van der Waals surface area contributed by atoms with Gasteiger partial charge in [-0.1, -0.05) is 127 Å². The molecule has 0 spiro atoms. The second-order valence-electron chi connectivity index (χ2n) is 13.8. The first-order chi connectivity index (χ1) is 24.3. The first-order valence-corrected chi connectivity index (χ1v) is 17.0. The van der Waals surface area contributed by atoms with Gasteiger partial charge in [0, 0.05) is 43.6 Å². The largest absolute Gasteiger partial charge is 0.486 e. The van der Waals surface area contributed by atoms with Crippen LogP contribution in [0.25, 0.3) is 55.7 Å². The third-order valence-electron chi connectivity index (χ3n) is 8.56. The van der Waals surface area contributed by atoms with Crippen molar-refractivity contribution in [3.8, 4) is 33.6 Å². The van der Waals surface area contributed by atoms with E-state index >= 15 is 0 Å². The van der Waals surface area contributed by atoms with Crippen molar-refractivity contribution < 1.29 is 24.5 Å². The molecule has 5 heteroatoms. The monoisotopic (exact) mass is 842 g/mol. The van der Waals surface area contributed by atoms with Gasteiger partial charge in [0.25, 0.3) is 0 Å². The van der Waals surface area contributed by atoms with Crippen LogP contribution < -0.4 is 0 Å². The van der Waals surface area contributed by atoms with Crippen molar-refractivity contribution in [2.45, 2.75) is 40.5 Å². The Kier molecular flexibility index (Phi) is 11.0. The number of rotatable bonds is 6. The molecule has 0 fully saturated rings. The maximum Gasteiger partial charge on any atom is 0.216 e. The number of pyridine rings is 3. The molecule has 0 unspecified atom stereocenters. The normalized spacial score (nSPS) is 11.1. The first-order valence-electron chi connectivity index (χ1n) is 17.0. The number of nitrogens with zero attached hydrogens (tertiary/aromatic N) is 3. The molecule has 4 nitrogen and oxygen atoms in total. The number of benzene rings is 4. The van der Waals surface area contributed by atoms with Crippen molar-refractivity contribution in [3.63, 3.8) is 0 Å². The maximum absolute atomic E-state index is 6.14. The van der Waals surface area contributed by atoms with E-state index in [0.29, 0.717) is 5.71 Å². The molecule has 0 atom stereocenters. The molecule has 0 aliphatic rings. The van der Waals surface area contributed by atoms with Crippen molar-refractivity contribution in [2.24, 2.45) is 5.41 Å². The third kappa shape index (κ3) is 8.57. The first kappa shape index (κ1) is 35.6. The van der Waals surface area contributed by atoms with Gasteiger partial charge >= 0.3 is 0 Å². The number of fused-ring (bicyclic) bond motifs is 3. The van der Waals surface area contributed by atoms with Gasteiger partial charge in [-0.05, 0) is 66.4 Å². The number of hydrogen-bond acceptors (Lipinski definition) is 4. The quantitative estimate of drug-likeness (QED) is 0.157. The molecule has 4 aromatic heterocycles. The Morgan fingerprint density at radius 3 is 2.22 bits per heavy atom. The van der Waals surface area contributed by atoms with E-state index in [2.05, 4.69) is 133 Å². The summed E-state index contributed by atoms with van der Waals surface area (Å²) in [5.74, 6) is 0. The summed E-state index contributed by atoms with van der Waals surface area (Å²) in [6, 6.07) is 50.2. The van der Waals surface area contributed by atoms with Crippen molar-refractivity contribution in [3.05, 3.63) is 174 Å². The average molecular weight is 842 g/mol. The Labute approximate surface area is 314 Å². The third-order valence-corrected chi connectivity index (χ3v) is 8.56. The van der Waals surface area contributed by atoms with Crippen molar-refractivity contribution in [1.29, 1.82) is 0 Å². The topological polar surface area (TPSA) is 51.8 Å². The zero-order valence-corrected chi connectivity index (χ0v) is 31.7. The SMILES string of the molecule is CC(C)(C)Cc1ccnc(-c2[c-]cc(-c3ccccc3)cc2)c1.Cc1ccc2c(n1)oc1c(-c3ncccc3Cc3ccccc3)[c-]ccc12.[Ir]. The van der Waals surface area contributed by atoms with Crippen molar-refractivity contribution in [1.82, 2.24) is 15.0 Å². The number of hydrogen-bond donors (Lipinski definition) is 0. The summed E-state index contributed by atoms with van der Waals surface area (Å²) >= 11 is 0. The summed E-state index contributed by atoms with van der Waals surface area (Å²) in [6.07, 6.45) is 5.58. The molecule has 0 saturated heterocycles. The summed E-state index contributed by atoms with van der Waals surface area (Å²) < 4.78 is 6.14. The average Bonchev–Trinajstić information content (AvgIpc) is 3.50. The summed E-state index contributed by atoms with van der Waals surface area (Å²) in [7, 11) is 0. The van der Waals surface area contributed by atoms with E-state index < -0.39 is 0 Å². The van der Waals surface area contributed by atoms with E-state index in [0.717, 1.165) is 63.0 Å². The van der Waals surface area contributed by atoms with Crippen LogP contribution in [0.5, 0.6) is 0 Å². The van der Waals surface area contributed by atoms with Crippen LogP contribution in [-0.4, -0.2) is 15.0 Å². The minimum Gasteiger partial charge on any atom is -0.486 e. The van der Waals surface area contributed by atoms with Crippen LogP contribution in [-0.2, 0) is 32.9 Å². The summed E-state index contributed by atoms with van der Waals surface area (Å²) in [5.41, 5.74) is 12.6. The standard InChI is InChI=1S/C24H17N2O.C22H22N.Ir/c1-16-12-13-20-19-10-5-11-21(23(19)27-24(20)26-16)22-18(9-6-14-25-22)15-17-7-3-2-4-8-17;1-22(2,3)16-17-13-14-23-21(15-17)20-11-9-19(10-12-20)18-7-5-4-6-8-18;/h2-10,12-14H,15H2,1H3;4-11,13-15H,16H2,1-3H3;/q2*-1;. The van der Waals surface area contributed by atoms with Crippen LogP contribution in [0, 0.1) is 24.5 Å². The van der Waals surface area contributed by atoms with Gasteiger partial charge in [0.15, 0.2) is 0 Å². The predicted molar refractivity (Wildman–Crippen MR) is 205 cm³/mol. The van der Waals surface area contributed by atoms with Crippen LogP contribution in [0.3, 0.4) is 0 Å². The summed E-state index contributed by atoms with van der Waals surface area (Å²) in [5, 5.41) is 2.06. The molecular weight excluding hydrogens is 803 g/mol. The van der Waals surface area contributed by atoms with E-state index in [-0.39, 0.29) is 25.5 Å². The number of furan rings is 1. The van der Waals surface area contributed by atoms with Gasteiger partial charge in [0.1, 0.15) is 0 Å². The zero-order chi connectivity index (χ0) is 34.5. The van der Waals surface area contributed by atoms with Gasteiger partial charge in [-0.2, -0.15) is 0 Å². The summed E-state index contributed by atoms with van der Waals surface area (Å²) in [4.78, 5) is 13.7. The smallest absolute Gasteiger partial charge is 0.216 e. The fourth-order valence-corrected chi connectivity index (χ4v) is 6.25. The van der Waals surface area contributed by atoms with Crippen molar-refractivity contribution >= 4 is 22.1 Å². The van der Waals surface area contributed by atoms with Gasteiger partial charge in [-0.15, -0.1) is 48.0 Å². The molecule has 0 aliphatic heterocycles. The molecule has 0 saturated carbocycles. The van der Waals surface area contributed by atoms with Crippen LogP contribution in [0.4, 0.5) is 0 Å². The fraction of sp³-hybridized carbons (Fsp3) is 0.152. The molecule has 0 amide bonds. The Morgan fingerprint density at radius 1 is 0.686 bits per heavy atom. The van der Waals surface area contributed by atoms with Crippen LogP contribution in [0.2, 0.25) is 0 Å². The predicted octanol–water partition coefficient (Wildman–Crippen LogP) is 11.5. The van der Waals surface area contributed by atoms with Gasteiger partial charge in [0.2, 0.25) is 5.71 Å². The Hall–Kier alpha value is -5.22. The molecule has 8 rings (SSSR count). The fourth-order valence-electron chi connectivity index (χ4n) is 6.25. The van der Waals surface area contributed by atoms with Gasteiger partial charge in [0.05, 0.1) is 5.58 Å². The van der Waals surface area contributed by atoms with E-state index in [9.17, 15) is 0 Å². The molecular formula is C46H39IrN3O-2. The van der Waals surface area contributed by atoms with Crippen LogP contribution >= 0.6 is 0 Å². The minimum atomic E-state index is 0. The Balaban J connectivity index is 0.000000175. The number of aryl methyl sites for hydroxylation is 1. The van der Waals surface area contributed by atoms with E-state index in [1.807, 2.05) is 61.8 Å². The molecule has 4 aromatic carbocycles. The molecule has 0 bridgehead atoms. The number of aromatic nitrogens is 3. The molecule has 1 radical (unpaired) electrons. The van der Waals surface area contributed by atoms with Crippen molar-refractivity contribution in [2.75, 3.05) is 0 Å². The van der Waals surface area contributed by atoms with Gasteiger partial charge in [-0.3, -0.25) is 0 Å². The van der Waals surface area contributed by atoms with E-state index in [1.165, 1.54) is 22.3 Å². The molecule has 51 heavy (non-hydrogen) atoms. The molecule has 8 aromatic rings. The van der Waals surface area contributed by atoms with Gasteiger partial charge in [-0.25, -0.2) is 4.98 Å². The minimum absolute atomic E-state index is 0.